The van der Waals surface area contributed by atoms with E-state index in [0.717, 1.165) is 29.4 Å². The van der Waals surface area contributed by atoms with E-state index in [1.807, 2.05) is 7.05 Å². The van der Waals surface area contributed by atoms with Gasteiger partial charge in [0.05, 0.1) is 17.3 Å². The monoisotopic (exact) mass is 276 g/mol. The first-order valence-electron chi connectivity index (χ1n) is 6.47. The molecule has 0 bridgehead atoms. The van der Waals surface area contributed by atoms with Gasteiger partial charge in [0.15, 0.2) is 0 Å². The molecule has 1 N–H and O–H groups in total. The molecule has 19 heavy (non-hydrogen) atoms. The third-order valence-corrected chi connectivity index (χ3v) is 3.83. The van der Waals surface area contributed by atoms with Gasteiger partial charge < -0.3 is 10.1 Å². The van der Waals surface area contributed by atoms with Gasteiger partial charge in [0.25, 0.3) is 0 Å². The third kappa shape index (κ3) is 4.04. The number of thiazole rings is 1. The van der Waals surface area contributed by atoms with Crippen LogP contribution in [-0.2, 0) is 13.0 Å². The van der Waals surface area contributed by atoms with Crippen molar-refractivity contribution < 1.29 is 4.74 Å². The van der Waals surface area contributed by atoms with Crippen LogP contribution in [0.5, 0.6) is 5.75 Å². The predicted octanol–water partition coefficient (Wildman–Crippen LogP) is 3.10. The summed E-state index contributed by atoms with van der Waals surface area (Å²) in [6.45, 7) is 5.66. The van der Waals surface area contributed by atoms with Gasteiger partial charge in [-0.05, 0) is 38.1 Å². The highest BCUT2D eigenvalue weighted by molar-refractivity contribution is 7.09. The number of hydrogen-bond donors (Lipinski definition) is 1. The fourth-order valence-corrected chi connectivity index (χ4v) is 2.62. The molecule has 0 radical (unpaired) electrons. The molecule has 2 aromatic rings. The first kappa shape index (κ1) is 14.0. The number of nitrogens with zero attached hydrogens (tertiary/aromatic N) is 1. The van der Waals surface area contributed by atoms with Crippen molar-refractivity contribution in [2.24, 2.45) is 0 Å². The standard InChI is InChI=1S/C15H20N2OS/c1-11-4-5-12(2)14(8-11)18-7-6-15-17-13(9-16-3)10-19-15/h4-5,8,10,16H,6-7,9H2,1-3H3. The van der Waals surface area contributed by atoms with E-state index in [0.29, 0.717) is 6.61 Å². The summed E-state index contributed by atoms with van der Waals surface area (Å²) in [5, 5.41) is 6.34. The van der Waals surface area contributed by atoms with Crippen LogP contribution < -0.4 is 10.1 Å². The van der Waals surface area contributed by atoms with E-state index in [4.69, 9.17) is 4.74 Å². The molecular formula is C15H20N2OS. The molecule has 3 nitrogen and oxygen atoms in total. The zero-order valence-electron chi connectivity index (χ0n) is 11.7. The second kappa shape index (κ2) is 6.68. The smallest absolute Gasteiger partial charge is 0.122 e. The topological polar surface area (TPSA) is 34.1 Å². The van der Waals surface area contributed by atoms with Crippen LogP contribution in [-0.4, -0.2) is 18.6 Å². The third-order valence-electron chi connectivity index (χ3n) is 2.87. The van der Waals surface area contributed by atoms with Crippen molar-refractivity contribution >= 4 is 11.3 Å². The van der Waals surface area contributed by atoms with Crippen molar-refractivity contribution in [2.45, 2.75) is 26.8 Å². The van der Waals surface area contributed by atoms with Gasteiger partial charge in [-0.3, -0.25) is 0 Å². The van der Waals surface area contributed by atoms with Crippen LogP contribution >= 0.6 is 11.3 Å². The highest BCUT2D eigenvalue weighted by Crippen LogP contribution is 2.19. The average Bonchev–Trinajstić information content (AvgIpc) is 2.82. The summed E-state index contributed by atoms with van der Waals surface area (Å²) >= 11 is 1.70. The first-order chi connectivity index (χ1) is 9.19. The van der Waals surface area contributed by atoms with Gasteiger partial charge in [0.2, 0.25) is 0 Å². The van der Waals surface area contributed by atoms with Gasteiger partial charge in [-0.2, -0.15) is 0 Å². The summed E-state index contributed by atoms with van der Waals surface area (Å²) in [6.07, 6.45) is 0.863. The number of benzene rings is 1. The maximum atomic E-state index is 5.84. The van der Waals surface area contributed by atoms with E-state index in [2.05, 4.69) is 47.7 Å². The van der Waals surface area contributed by atoms with E-state index >= 15 is 0 Å². The molecule has 0 saturated heterocycles. The molecule has 0 aliphatic heterocycles. The van der Waals surface area contributed by atoms with Crippen LogP contribution in [0.3, 0.4) is 0 Å². The normalized spacial score (nSPS) is 10.7. The van der Waals surface area contributed by atoms with Crippen molar-refractivity contribution in [2.75, 3.05) is 13.7 Å². The Hall–Kier alpha value is -1.39. The minimum atomic E-state index is 0.677. The number of aryl methyl sites for hydroxylation is 2. The number of ether oxygens (including phenoxy) is 1. The summed E-state index contributed by atoms with van der Waals surface area (Å²) < 4.78 is 5.84. The van der Waals surface area contributed by atoms with Crippen LogP contribution in [0.15, 0.2) is 23.6 Å². The van der Waals surface area contributed by atoms with Gasteiger partial charge in [-0.1, -0.05) is 12.1 Å². The Morgan fingerprint density at radius 2 is 2.16 bits per heavy atom. The molecule has 1 aromatic carbocycles. The number of nitrogens with one attached hydrogen (secondary N) is 1. The Kier molecular flexibility index (Phi) is 4.93. The summed E-state index contributed by atoms with van der Waals surface area (Å²) in [5.74, 6) is 0.979. The van der Waals surface area contributed by atoms with Crippen LogP contribution in [0.1, 0.15) is 21.8 Å². The highest BCUT2D eigenvalue weighted by atomic mass is 32.1. The second-order valence-electron chi connectivity index (χ2n) is 4.63. The van der Waals surface area contributed by atoms with Gasteiger partial charge in [0.1, 0.15) is 5.75 Å². The Morgan fingerprint density at radius 1 is 1.32 bits per heavy atom. The lowest BCUT2D eigenvalue weighted by atomic mass is 10.1. The van der Waals surface area contributed by atoms with Gasteiger partial charge in [-0.25, -0.2) is 4.98 Å². The first-order valence-corrected chi connectivity index (χ1v) is 7.35. The van der Waals surface area contributed by atoms with Crippen LogP contribution in [0.2, 0.25) is 0 Å². The molecule has 0 aliphatic rings. The maximum absolute atomic E-state index is 5.84. The second-order valence-corrected chi connectivity index (χ2v) is 5.57. The molecule has 4 heteroatoms. The van der Waals surface area contributed by atoms with Crippen molar-refractivity contribution in [3.63, 3.8) is 0 Å². The average molecular weight is 276 g/mol. The Labute approximate surface area is 118 Å². The van der Waals surface area contributed by atoms with E-state index in [9.17, 15) is 0 Å². The highest BCUT2D eigenvalue weighted by Gasteiger charge is 2.03. The van der Waals surface area contributed by atoms with Crippen LogP contribution in [0.4, 0.5) is 0 Å². The van der Waals surface area contributed by atoms with Gasteiger partial charge >= 0.3 is 0 Å². The molecule has 0 fully saturated rings. The molecule has 2 rings (SSSR count). The minimum absolute atomic E-state index is 0.677. The predicted molar refractivity (Wildman–Crippen MR) is 80.0 cm³/mol. The molecule has 0 atom stereocenters. The Morgan fingerprint density at radius 3 is 2.95 bits per heavy atom. The fourth-order valence-electron chi connectivity index (χ4n) is 1.84. The molecule has 0 saturated carbocycles. The van der Waals surface area contributed by atoms with Crippen LogP contribution in [0.25, 0.3) is 0 Å². The fraction of sp³-hybridized carbons (Fsp3) is 0.400. The minimum Gasteiger partial charge on any atom is -0.493 e. The lowest BCUT2D eigenvalue weighted by Crippen LogP contribution is -2.06. The maximum Gasteiger partial charge on any atom is 0.122 e. The van der Waals surface area contributed by atoms with E-state index in [-0.39, 0.29) is 0 Å². The van der Waals surface area contributed by atoms with Crippen molar-refractivity contribution in [3.05, 3.63) is 45.4 Å². The largest absolute Gasteiger partial charge is 0.493 e. The van der Waals surface area contributed by atoms with E-state index in [1.54, 1.807) is 11.3 Å². The molecular weight excluding hydrogens is 256 g/mol. The molecule has 102 valence electrons. The molecule has 1 heterocycles. The van der Waals surface area contributed by atoms with E-state index in [1.165, 1.54) is 11.1 Å². The summed E-state index contributed by atoms with van der Waals surface area (Å²) in [6, 6.07) is 6.29. The van der Waals surface area contributed by atoms with Crippen molar-refractivity contribution in [1.82, 2.24) is 10.3 Å². The number of aromatic nitrogens is 1. The molecule has 1 aromatic heterocycles. The lowest BCUT2D eigenvalue weighted by Gasteiger charge is -2.09. The zero-order chi connectivity index (χ0) is 13.7. The Bertz CT molecular complexity index is 537. The molecule has 0 aliphatic carbocycles. The molecule has 0 spiro atoms. The molecule has 0 amide bonds. The number of rotatable bonds is 6. The number of hydrogen-bond acceptors (Lipinski definition) is 4. The SMILES string of the molecule is CNCc1csc(CCOc2cc(C)ccc2C)n1. The van der Waals surface area contributed by atoms with Gasteiger partial charge in [0, 0.05) is 18.3 Å². The lowest BCUT2D eigenvalue weighted by molar-refractivity contribution is 0.319. The summed E-state index contributed by atoms with van der Waals surface area (Å²) in [5.41, 5.74) is 3.51. The van der Waals surface area contributed by atoms with Crippen molar-refractivity contribution in [3.8, 4) is 5.75 Å². The summed E-state index contributed by atoms with van der Waals surface area (Å²) in [7, 11) is 1.93. The quantitative estimate of drug-likeness (QED) is 0.880. The van der Waals surface area contributed by atoms with E-state index < -0.39 is 0 Å². The Balaban J connectivity index is 1.87. The summed E-state index contributed by atoms with van der Waals surface area (Å²) in [4.78, 5) is 4.55. The van der Waals surface area contributed by atoms with Crippen molar-refractivity contribution in [1.29, 1.82) is 0 Å². The van der Waals surface area contributed by atoms with Crippen LogP contribution in [0, 0.1) is 13.8 Å². The molecule has 0 unspecified atom stereocenters. The zero-order valence-corrected chi connectivity index (χ0v) is 12.5. The van der Waals surface area contributed by atoms with Gasteiger partial charge in [-0.15, -0.1) is 11.3 Å².